The molecule has 1 aliphatic carbocycles. The molecule has 0 bridgehead atoms. The van der Waals surface area contributed by atoms with Gasteiger partial charge in [0.2, 0.25) is 0 Å². The highest BCUT2D eigenvalue weighted by Crippen LogP contribution is 2.48. The van der Waals surface area contributed by atoms with Crippen molar-refractivity contribution in [1.29, 1.82) is 0 Å². The normalized spacial score (nSPS) is 18.1. The van der Waals surface area contributed by atoms with E-state index in [1.807, 2.05) is 0 Å². The average Bonchev–Trinajstić information content (AvgIpc) is 3.08. The van der Waals surface area contributed by atoms with Gasteiger partial charge in [-0.1, -0.05) is 18.1 Å². The zero-order valence-electron chi connectivity index (χ0n) is 9.16. The second-order valence-electron chi connectivity index (χ2n) is 4.20. The van der Waals surface area contributed by atoms with Crippen LogP contribution in [0.4, 0.5) is 13.2 Å². The van der Waals surface area contributed by atoms with Gasteiger partial charge in [0.25, 0.3) is 9.84 Å². The van der Waals surface area contributed by atoms with Crippen LogP contribution in [-0.2, 0) is 15.3 Å². The van der Waals surface area contributed by atoms with Crippen molar-refractivity contribution in [3.63, 3.8) is 0 Å². The molecule has 0 spiro atoms. The van der Waals surface area contributed by atoms with Crippen LogP contribution in [0.15, 0.2) is 29.2 Å². The molecule has 1 saturated carbocycles. The van der Waals surface area contributed by atoms with Crippen molar-refractivity contribution in [2.45, 2.75) is 28.7 Å². The monoisotopic (exact) mass is 274 g/mol. The number of terminal acetylenes is 1. The van der Waals surface area contributed by atoms with Crippen LogP contribution >= 0.6 is 0 Å². The molecular formula is C12H9F3O2S. The Morgan fingerprint density at radius 3 is 2.33 bits per heavy atom. The van der Waals surface area contributed by atoms with Crippen LogP contribution in [0.3, 0.4) is 0 Å². The SMILES string of the molecule is C#CC1(c2cccc(S(=O)(=O)C(F)(F)F)c2)CC1. The molecule has 2 rings (SSSR count). The maximum atomic E-state index is 12.4. The third-order valence-corrected chi connectivity index (χ3v) is 4.51. The van der Waals surface area contributed by atoms with Crippen LogP contribution in [-0.4, -0.2) is 13.9 Å². The van der Waals surface area contributed by atoms with Gasteiger partial charge in [0.1, 0.15) is 0 Å². The van der Waals surface area contributed by atoms with Crippen LogP contribution in [0.25, 0.3) is 0 Å². The Morgan fingerprint density at radius 2 is 1.89 bits per heavy atom. The largest absolute Gasteiger partial charge is 0.501 e. The minimum atomic E-state index is -5.31. The molecular weight excluding hydrogens is 265 g/mol. The molecule has 1 aromatic rings. The molecule has 0 aliphatic heterocycles. The summed E-state index contributed by atoms with van der Waals surface area (Å²) in [6, 6.07) is 4.79. The van der Waals surface area contributed by atoms with Crippen molar-refractivity contribution in [2.75, 3.05) is 0 Å². The Labute approximate surface area is 103 Å². The molecule has 1 aromatic carbocycles. The van der Waals surface area contributed by atoms with Crippen molar-refractivity contribution in [3.8, 4) is 12.3 Å². The Kier molecular flexibility index (Phi) is 2.70. The summed E-state index contributed by atoms with van der Waals surface area (Å²) in [7, 11) is -5.31. The number of hydrogen-bond acceptors (Lipinski definition) is 2. The van der Waals surface area contributed by atoms with E-state index in [0.29, 0.717) is 18.4 Å². The van der Waals surface area contributed by atoms with E-state index in [9.17, 15) is 21.6 Å². The molecule has 0 N–H and O–H groups in total. The summed E-state index contributed by atoms with van der Waals surface area (Å²) < 4.78 is 59.8. The fourth-order valence-corrected chi connectivity index (χ4v) is 2.54. The minimum absolute atomic E-state index is 0.454. The van der Waals surface area contributed by atoms with Crippen LogP contribution in [0.5, 0.6) is 0 Å². The molecule has 18 heavy (non-hydrogen) atoms. The summed E-state index contributed by atoms with van der Waals surface area (Å²) in [4.78, 5) is -0.756. The third kappa shape index (κ3) is 1.89. The highest BCUT2D eigenvalue weighted by Gasteiger charge is 2.48. The molecule has 0 atom stereocenters. The summed E-state index contributed by atoms with van der Waals surface area (Å²) >= 11 is 0. The second-order valence-corrected chi connectivity index (χ2v) is 6.14. The first-order chi connectivity index (χ1) is 8.23. The number of sulfone groups is 1. The van der Waals surface area contributed by atoms with Gasteiger partial charge in [-0.3, -0.25) is 0 Å². The van der Waals surface area contributed by atoms with Crippen molar-refractivity contribution in [2.24, 2.45) is 0 Å². The number of alkyl halides is 3. The summed E-state index contributed by atoms with van der Waals surface area (Å²) in [6.07, 6.45) is 6.66. The van der Waals surface area contributed by atoms with Gasteiger partial charge in [0, 0.05) is 0 Å². The molecule has 0 heterocycles. The van der Waals surface area contributed by atoms with Crippen LogP contribution in [0.1, 0.15) is 18.4 Å². The van der Waals surface area contributed by atoms with Gasteiger partial charge in [-0.05, 0) is 30.5 Å². The smallest absolute Gasteiger partial charge is 0.214 e. The van der Waals surface area contributed by atoms with E-state index in [4.69, 9.17) is 6.42 Å². The first-order valence-electron chi connectivity index (χ1n) is 5.13. The lowest BCUT2D eigenvalue weighted by Gasteiger charge is -2.12. The lowest BCUT2D eigenvalue weighted by molar-refractivity contribution is -0.0436. The van der Waals surface area contributed by atoms with E-state index in [1.165, 1.54) is 6.07 Å². The molecule has 1 aliphatic rings. The van der Waals surface area contributed by atoms with E-state index in [0.717, 1.165) is 12.1 Å². The molecule has 1 fully saturated rings. The highest BCUT2D eigenvalue weighted by molar-refractivity contribution is 7.92. The van der Waals surface area contributed by atoms with Crippen molar-refractivity contribution in [1.82, 2.24) is 0 Å². The van der Waals surface area contributed by atoms with Crippen molar-refractivity contribution < 1.29 is 21.6 Å². The lowest BCUT2D eigenvalue weighted by atomic mass is 9.97. The molecule has 0 saturated heterocycles. The fraction of sp³-hybridized carbons (Fsp3) is 0.333. The molecule has 0 radical (unpaired) electrons. The quantitative estimate of drug-likeness (QED) is 0.777. The maximum absolute atomic E-state index is 12.4. The molecule has 2 nitrogen and oxygen atoms in total. The van der Waals surface area contributed by atoms with Crippen LogP contribution in [0.2, 0.25) is 0 Å². The maximum Gasteiger partial charge on any atom is 0.501 e. The first kappa shape index (κ1) is 13.0. The Bertz CT molecular complexity index is 619. The standard InChI is InChI=1S/C12H9F3O2S/c1-2-11(6-7-11)9-4-3-5-10(8-9)18(16,17)12(13,14)15/h1,3-5,8H,6-7H2. The van der Waals surface area contributed by atoms with Gasteiger partial charge < -0.3 is 0 Å². The van der Waals surface area contributed by atoms with E-state index >= 15 is 0 Å². The Balaban J connectivity index is 2.51. The first-order valence-corrected chi connectivity index (χ1v) is 6.61. The van der Waals surface area contributed by atoms with Gasteiger partial charge >= 0.3 is 5.51 Å². The van der Waals surface area contributed by atoms with Gasteiger partial charge in [-0.25, -0.2) is 8.42 Å². The number of hydrogen-bond donors (Lipinski definition) is 0. The third-order valence-electron chi connectivity index (χ3n) is 3.03. The van der Waals surface area contributed by atoms with E-state index in [-0.39, 0.29) is 0 Å². The van der Waals surface area contributed by atoms with Gasteiger partial charge in [-0.2, -0.15) is 13.2 Å². The lowest BCUT2D eigenvalue weighted by Crippen LogP contribution is -2.23. The molecule has 6 heteroatoms. The zero-order valence-corrected chi connectivity index (χ0v) is 9.98. The summed E-state index contributed by atoms with van der Waals surface area (Å²) in [5.41, 5.74) is -5.43. The highest BCUT2D eigenvalue weighted by atomic mass is 32.2. The zero-order chi connectivity index (χ0) is 13.6. The Morgan fingerprint density at radius 1 is 1.28 bits per heavy atom. The van der Waals surface area contributed by atoms with E-state index in [2.05, 4.69) is 5.92 Å². The molecule has 0 amide bonds. The van der Waals surface area contributed by atoms with Gasteiger partial charge in [0.05, 0.1) is 10.3 Å². The van der Waals surface area contributed by atoms with Crippen molar-refractivity contribution >= 4 is 9.84 Å². The minimum Gasteiger partial charge on any atom is -0.214 e. The van der Waals surface area contributed by atoms with E-state index < -0.39 is 25.7 Å². The Hall–Kier alpha value is -1.48. The van der Waals surface area contributed by atoms with Gasteiger partial charge in [0.15, 0.2) is 0 Å². The molecule has 0 unspecified atom stereocenters. The number of halogens is 3. The molecule has 0 aromatic heterocycles. The molecule has 96 valence electrons. The number of benzene rings is 1. The number of rotatable bonds is 2. The van der Waals surface area contributed by atoms with Crippen LogP contribution < -0.4 is 0 Å². The van der Waals surface area contributed by atoms with E-state index in [1.54, 1.807) is 6.07 Å². The summed E-state index contributed by atoms with van der Waals surface area (Å²) in [6.45, 7) is 0. The summed E-state index contributed by atoms with van der Waals surface area (Å²) in [5, 5.41) is 0. The predicted octanol–water partition coefficient (Wildman–Crippen LogP) is 2.64. The van der Waals surface area contributed by atoms with Crippen LogP contribution in [0, 0.1) is 12.3 Å². The van der Waals surface area contributed by atoms with Gasteiger partial charge in [-0.15, -0.1) is 6.42 Å². The summed E-state index contributed by atoms with van der Waals surface area (Å²) in [5.74, 6) is 2.51. The van der Waals surface area contributed by atoms with Crippen molar-refractivity contribution in [3.05, 3.63) is 29.8 Å². The predicted molar refractivity (Wildman–Crippen MR) is 59.4 cm³/mol. The average molecular weight is 274 g/mol. The topological polar surface area (TPSA) is 34.1 Å². The second kappa shape index (κ2) is 3.75. The fourth-order valence-electron chi connectivity index (χ4n) is 1.74.